The van der Waals surface area contributed by atoms with E-state index in [0.29, 0.717) is 0 Å². The summed E-state index contributed by atoms with van der Waals surface area (Å²) in [7, 11) is 0. The van der Waals surface area contributed by atoms with Crippen molar-refractivity contribution in [2.24, 2.45) is 0 Å². The van der Waals surface area contributed by atoms with Crippen molar-refractivity contribution in [1.29, 1.82) is 5.26 Å². The summed E-state index contributed by atoms with van der Waals surface area (Å²) in [6.07, 6.45) is 0.295. The lowest BCUT2D eigenvalue weighted by Gasteiger charge is -2.07. The van der Waals surface area contributed by atoms with Gasteiger partial charge in [-0.25, -0.2) is 9.78 Å². The average Bonchev–Trinajstić information content (AvgIpc) is 2.25. The van der Waals surface area contributed by atoms with Gasteiger partial charge in [-0.15, -0.1) is 0 Å². The third-order valence-electron chi connectivity index (χ3n) is 1.58. The standard InChI is InChI=1S/C9H5Cl3N2O2/c1-4(2-13)16-9(15)8-7(12)6(11)5(10)3-14-8/h3-4H,1H3/t4-/m1/s1. The molecule has 0 aliphatic heterocycles. The van der Waals surface area contributed by atoms with Gasteiger partial charge in [0.15, 0.2) is 11.8 Å². The van der Waals surface area contributed by atoms with Crippen molar-refractivity contribution >= 4 is 40.8 Å². The average molecular weight is 280 g/mol. The van der Waals surface area contributed by atoms with Crippen molar-refractivity contribution in [1.82, 2.24) is 4.98 Å². The number of nitriles is 1. The van der Waals surface area contributed by atoms with Crippen molar-refractivity contribution in [3.63, 3.8) is 0 Å². The number of pyridine rings is 1. The smallest absolute Gasteiger partial charge is 0.359 e. The Bertz CT molecular complexity index is 471. The second-order valence-corrected chi connectivity index (χ2v) is 3.92. The van der Waals surface area contributed by atoms with Gasteiger partial charge in [0.2, 0.25) is 0 Å². The van der Waals surface area contributed by atoms with Gasteiger partial charge in [0.05, 0.1) is 15.1 Å². The molecular formula is C9H5Cl3N2O2. The topological polar surface area (TPSA) is 63.0 Å². The van der Waals surface area contributed by atoms with Crippen molar-refractivity contribution in [3.05, 3.63) is 27.0 Å². The molecule has 0 saturated heterocycles. The molecule has 0 N–H and O–H groups in total. The first-order valence-corrected chi connectivity index (χ1v) is 5.20. The predicted octanol–water partition coefficient (Wildman–Crippen LogP) is 3.11. The van der Waals surface area contributed by atoms with Crippen molar-refractivity contribution in [3.8, 4) is 6.07 Å². The SMILES string of the molecule is C[C@H](C#N)OC(=O)c1ncc(Cl)c(Cl)c1Cl. The molecule has 0 amide bonds. The maximum absolute atomic E-state index is 11.5. The van der Waals surface area contributed by atoms with E-state index >= 15 is 0 Å². The second kappa shape index (κ2) is 5.35. The van der Waals surface area contributed by atoms with E-state index in [-0.39, 0.29) is 20.8 Å². The summed E-state index contributed by atoms with van der Waals surface area (Å²) < 4.78 is 4.71. The number of rotatable bonds is 2. The lowest BCUT2D eigenvalue weighted by molar-refractivity contribution is 0.0428. The van der Waals surface area contributed by atoms with E-state index < -0.39 is 12.1 Å². The zero-order chi connectivity index (χ0) is 12.3. The molecule has 84 valence electrons. The first kappa shape index (κ1) is 13.0. The first-order chi connectivity index (χ1) is 7.47. The lowest BCUT2D eigenvalue weighted by atomic mass is 10.3. The molecule has 1 aromatic heterocycles. The normalized spacial score (nSPS) is 11.7. The highest BCUT2D eigenvalue weighted by atomic mass is 35.5. The van der Waals surface area contributed by atoms with Gasteiger partial charge < -0.3 is 4.74 Å². The summed E-state index contributed by atoms with van der Waals surface area (Å²) in [6.45, 7) is 1.42. The molecule has 1 rings (SSSR count). The summed E-state index contributed by atoms with van der Waals surface area (Å²) in [6, 6.07) is 1.74. The number of halogens is 3. The van der Waals surface area contributed by atoms with Gasteiger partial charge in [-0.05, 0) is 6.92 Å². The van der Waals surface area contributed by atoms with E-state index in [1.165, 1.54) is 13.1 Å². The summed E-state index contributed by atoms with van der Waals surface area (Å²) in [5.41, 5.74) is -0.168. The highest BCUT2D eigenvalue weighted by molar-refractivity contribution is 6.48. The van der Waals surface area contributed by atoms with E-state index in [4.69, 9.17) is 44.8 Å². The van der Waals surface area contributed by atoms with Gasteiger partial charge in [0.1, 0.15) is 6.07 Å². The Kier molecular flexibility index (Phi) is 4.36. The zero-order valence-corrected chi connectivity index (χ0v) is 10.3. The summed E-state index contributed by atoms with van der Waals surface area (Å²) in [5, 5.41) is 8.54. The maximum Gasteiger partial charge on any atom is 0.359 e. The van der Waals surface area contributed by atoms with Crippen LogP contribution in [0.3, 0.4) is 0 Å². The molecule has 16 heavy (non-hydrogen) atoms. The predicted molar refractivity (Wildman–Crippen MR) is 59.8 cm³/mol. The maximum atomic E-state index is 11.5. The van der Waals surface area contributed by atoms with Crippen LogP contribution in [-0.2, 0) is 4.74 Å². The molecule has 0 aliphatic rings. The molecular weight excluding hydrogens is 274 g/mol. The van der Waals surface area contributed by atoms with Crippen LogP contribution in [0, 0.1) is 11.3 Å². The third-order valence-corrected chi connectivity index (χ3v) is 2.82. The number of nitrogens with zero attached hydrogens (tertiary/aromatic N) is 2. The Labute approximate surface area is 107 Å². The fraction of sp³-hybridized carbons (Fsp3) is 0.222. The van der Waals surface area contributed by atoms with Crippen molar-refractivity contribution < 1.29 is 9.53 Å². The van der Waals surface area contributed by atoms with Crippen LogP contribution in [0.25, 0.3) is 0 Å². The van der Waals surface area contributed by atoms with Gasteiger partial charge in [-0.2, -0.15) is 5.26 Å². The van der Waals surface area contributed by atoms with Crippen LogP contribution in [0.15, 0.2) is 6.20 Å². The molecule has 0 aliphatic carbocycles. The molecule has 1 aromatic rings. The molecule has 4 nitrogen and oxygen atoms in total. The summed E-state index contributed by atoms with van der Waals surface area (Å²) >= 11 is 17.1. The number of ether oxygens (including phenoxy) is 1. The monoisotopic (exact) mass is 278 g/mol. The third kappa shape index (κ3) is 2.76. The van der Waals surface area contributed by atoms with Gasteiger partial charge in [-0.3, -0.25) is 0 Å². The highest BCUT2D eigenvalue weighted by Gasteiger charge is 2.19. The molecule has 0 unspecified atom stereocenters. The Balaban J connectivity index is 3.02. The number of aromatic nitrogens is 1. The van der Waals surface area contributed by atoms with Gasteiger partial charge in [0, 0.05) is 6.20 Å². The Morgan fingerprint density at radius 2 is 2.12 bits per heavy atom. The van der Waals surface area contributed by atoms with Crippen LogP contribution in [-0.4, -0.2) is 17.1 Å². The van der Waals surface area contributed by atoms with Gasteiger partial charge in [-0.1, -0.05) is 34.8 Å². The van der Waals surface area contributed by atoms with Gasteiger partial charge >= 0.3 is 5.97 Å². The largest absolute Gasteiger partial charge is 0.442 e. The van der Waals surface area contributed by atoms with Crippen LogP contribution < -0.4 is 0 Å². The Morgan fingerprint density at radius 3 is 2.69 bits per heavy atom. The van der Waals surface area contributed by atoms with Crippen molar-refractivity contribution in [2.75, 3.05) is 0 Å². The molecule has 7 heteroatoms. The number of carbonyl (C=O) groups excluding carboxylic acids is 1. The fourth-order valence-corrected chi connectivity index (χ4v) is 1.39. The minimum absolute atomic E-state index is 0.0231. The molecule has 0 radical (unpaired) electrons. The number of hydrogen-bond acceptors (Lipinski definition) is 4. The minimum Gasteiger partial charge on any atom is -0.442 e. The van der Waals surface area contributed by atoms with E-state index in [1.54, 1.807) is 6.07 Å². The molecule has 1 atom stereocenters. The second-order valence-electron chi connectivity index (χ2n) is 2.76. The van der Waals surface area contributed by atoms with Crippen LogP contribution in [0.5, 0.6) is 0 Å². The minimum atomic E-state index is -0.889. The van der Waals surface area contributed by atoms with E-state index in [1.807, 2.05) is 0 Å². The Hall–Kier alpha value is -1.02. The molecule has 0 fully saturated rings. The lowest BCUT2D eigenvalue weighted by Crippen LogP contribution is -2.15. The fourth-order valence-electron chi connectivity index (χ4n) is 0.828. The number of carbonyl (C=O) groups is 1. The highest BCUT2D eigenvalue weighted by Crippen LogP contribution is 2.31. The van der Waals surface area contributed by atoms with E-state index in [9.17, 15) is 4.79 Å². The van der Waals surface area contributed by atoms with Crippen molar-refractivity contribution in [2.45, 2.75) is 13.0 Å². The summed E-state index contributed by atoms with van der Waals surface area (Å²) in [4.78, 5) is 15.2. The quantitative estimate of drug-likeness (QED) is 0.780. The molecule has 1 heterocycles. The van der Waals surface area contributed by atoms with E-state index in [0.717, 1.165) is 0 Å². The van der Waals surface area contributed by atoms with Crippen LogP contribution in [0.2, 0.25) is 15.1 Å². The molecule has 0 aromatic carbocycles. The number of hydrogen-bond donors (Lipinski definition) is 0. The van der Waals surface area contributed by atoms with Gasteiger partial charge in [0.25, 0.3) is 0 Å². The van der Waals surface area contributed by atoms with Crippen LogP contribution >= 0.6 is 34.8 Å². The first-order valence-electron chi connectivity index (χ1n) is 4.07. The number of esters is 1. The van der Waals surface area contributed by atoms with E-state index in [2.05, 4.69) is 4.98 Å². The zero-order valence-electron chi connectivity index (χ0n) is 8.00. The van der Waals surface area contributed by atoms with Crippen LogP contribution in [0.4, 0.5) is 0 Å². The molecule has 0 bridgehead atoms. The molecule has 0 spiro atoms. The molecule has 0 saturated carbocycles. The summed E-state index contributed by atoms with van der Waals surface area (Å²) in [5.74, 6) is -0.822. The Morgan fingerprint density at radius 1 is 1.50 bits per heavy atom. The van der Waals surface area contributed by atoms with Crippen LogP contribution in [0.1, 0.15) is 17.4 Å².